The van der Waals surface area contributed by atoms with Gasteiger partial charge in [0.15, 0.2) is 0 Å². The van der Waals surface area contributed by atoms with E-state index in [-0.39, 0.29) is 11.9 Å². The van der Waals surface area contributed by atoms with Gasteiger partial charge in [0, 0.05) is 38.1 Å². The summed E-state index contributed by atoms with van der Waals surface area (Å²) < 4.78 is 3.79. The van der Waals surface area contributed by atoms with Gasteiger partial charge in [-0.25, -0.2) is 9.67 Å². The summed E-state index contributed by atoms with van der Waals surface area (Å²) in [5.41, 5.74) is 6.81. The summed E-state index contributed by atoms with van der Waals surface area (Å²) in [6.45, 7) is 9.74. The maximum absolute atomic E-state index is 14.4. The van der Waals surface area contributed by atoms with Crippen molar-refractivity contribution in [3.63, 3.8) is 0 Å². The SMILES string of the molecule is C=C/C=C(\C=C/C)n1nc(C)cc1NC(=O)c1[nH]c2cc(Cl)ccc2c1-c1c(-c2ccccc2)ncn1C(C)c1ccc(Cl)cc1. The van der Waals surface area contributed by atoms with E-state index in [0.29, 0.717) is 27.1 Å². The first kappa shape index (κ1) is 30.9. The van der Waals surface area contributed by atoms with E-state index in [4.69, 9.17) is 28.2 Å². The van der Waals surface area contributed by atoms with Gasteiger partial charge in [0.05, 0.1) is 35.1 Å². The van der Waals surface area contributed by atoms with Gasteiger partial charge in [-0.3, -0.25) is 4.79 Å². The molecule has 7 nitrogen and oxygen atoms in total. The molecule has 2 N–H and O–H groups in total. The number of benzene rings is 3. The maximum Gasteiger partial charge on any atom is 0.273 e. The number of imidazole rings is 1. The number of rotatable bonds is 9. The molecule has 0 spiro atoms. The molecular formula is C37H32Cl2N6O. The third-order valence-electron chi connectivity index (χ3n) is 7.78. The third-order valence-corrected chi connectivity index (χ3v) is 8.27. The van der Waals surface area contributed by atoms with Gasteiger partial charge < -0.3 is 14.9 Å². The van der Waals surface area contributed by atoms with Crippen LogP contribution in [0.2, 0.25) is 10.0 Å². The number of amides is 1. The molecule has 0 aliphatic carbocycles. The second kappa shape index (κ2) is 13.1. The van der Waals surface area contributed by atoms with E-state index in [2.05, 4.69) is 33.5 Å². The molecule has 230 valence electrons. The van der Waals surface area contributed by atoms with Crippen LogP contribution in [0.4, 0.5) is 5.82 Å². The highest BCUT2D eigenvalue weighted by molar-refractivity contribution is 6.31. The molecule has 1 amide bonds. The van der Waals surface area contributed by atoms with Crippen molar-refractivity contribution >= 4 is 51.5 Å². The minimum absolute atomic E-state index is 0.137. The number of hydrogen-bond donors (Lipinski definition) is 2. The number of nitrogens with zero attached hydrogens (tertiary/aromatic N) is 4. The van der Waals surface area contributed by atoms with Crippen LogP contribution in [-0.2, 0) is 0 Å². The molecule has 0 saturated carbocycles. The summed E-state index contributed by atoms with van der Waals surface area (Å²) >= 11 is 12.7. The van der Waals surface area contributed by atoms with Crippen molar-refractivity contribution in [2.45, 2.75) is 26.8 Å². The summed E-state index contributed by atoms with van der Waals surface area (Å²) in [6.07, 6.45) is 9.16. The lowest BCUT2D eigenvalue weighted by Gasteiger charge is -2.19. The second-order valence-corrected chi connectivity index (χ2v) is 11.7. The van der Waals surface area contributed by atoms with E-state index in [1.165, 1.54) is 0 Å². The maximum atomic E-state index is 14.4. The van der Waals surface area contributed by atoms with Crippen molar-refractivity contribution in [2.24, 2.45) is 0 Å². The summed E-state index contributed by atoms with van der Waals surface area (Å²) in [6, 6.07) is 25.0. The van der Waals surface area contributed by atoms with Gasteiger partial charge >= 0.3 is 0 Å². The number of aryl methyl sites for hydroxylation is 1. The Kier molecular flexibility index (Phi) is 8.79. The molecule has 3 heterocycles. The Bertz CT molecular complexity index is 2120. The highest BCUT2D eigenvalue weighted by atomic mass is 35.5. The van der Waals surface area contributed by atoms with Crippen LogP contribution in [0.25, 0.3) is 39.1 Å². The second-order valence-electron chi connectivity index (χ2n) is 10.9. The van der Waals surface area contributed by atoms with Gasteiger partial charge in [0.1, 0.15) is 11.5 Å². The van der Waals surface area contributed by atoms with Crippen molar-refractivity contribution in [2.75, 3.05) is 5.32 Å². The highest BCUT2D eigenvalue weighted by Gasteiger charge is 2.28. The number of H-pyrrole nitrogens is 1. The number of nitrogens with one attached hydrogen (secondary N) is 2. The van der Waals surface area contributed by atoms with Gasteiger partial charge in [-0.1, -0.05) is 90.5 Å². The van der Waals surface area contributed by atoms with E-state index in [1.807, 2.05) is 117 Å². The number of carbonyl (C=O) groups excluding carboxylic acids is 1. The summed E-state index contributed by atoms with van der Waals surface area (Å²) in [7, 11) is 0. The molecule has 6 aromatic rings. The monoisotopic (exact) mass is 646 g/mol. The molecule has 1 atom stereocenters. The number of fused-ring (bicyclic) bond motifs is 1. The van der Waals surface area contributed by atoms with Crippen molar-refractivity contribution in [3.05, 3.63) is 143 Å². The summed E-state index contributed by atoms with van der Waals surface area (Å²) in [5, 5.41) is 9.80. The van der Waals surface area contributed by atoms with Crippen LogP contribution in [0, 0.1) is 6.92 Å². The van der Waals surface area contributed by atoms with Crippen LogP contribution in [0.3, 0.4) is 0 Å². The Hall–Kier alpha value is -5.11. The zero-order valence-corrected chi connectivity index (χ0v) is 27.1. The van der Waals surface area contributed by atoms with Crippen LogP contribution < -0.4 is 5.32 Å². The minimum Gasteiger partial charge on any atom is -0.350 e. The molecule has 3 aromatic carbocycles. The Morgan fingerprint density at radius 2 is 1.76 bits per heavy atom. The Labute approximate surface area is 277 Å². The number of hydrogen-bond acceptors (Lipinski definition) is 3. The minimum atomic E-state index is -0.340. The predicted molar refractivity (Wildman–Crippen MR) is 189 cm³/mol. The van der Waals surface area contributed by atoms with Crippen LogP contribution in [0.5, 0.6) is 0 Å². The third kappa shape index (κ3) is 5.95. The molecule has 9 heteroatoms. The molecule has 1 unspecified atom stereocenters. The first-order valence-corrected chi connectivity index (χ1v) is 15.6. The molecule has 0 saturated heterocycles. The number of allylic oxidation sites excluding steroid dienone is 5. The van der Waals surface area contributed by atoms with Crippen LogP contribution in [0.1, 0.15) is 41.6 Å². The zero-order valence-electron chi connectivity index (χ0n) is 25.6. The van der Waals surface area contributed by atoms with E-state index >= 15 is 0 Å². The van der Waals surface area contributed by atoms with Crippen molar-refractivity contribution in [3.8, 4) is 22.5 Å². The van der Waals surface area contributed by atoms with Gasteiger partial charge in [-0.05, 0) is 62.8 Å². The van der Waals surface area contributed by atoms with Crippen molar-refractivity contribution < 1.29 is 4.79 Å². The largest absolute Gasteiger partial charge is 0.350 e. The van der Waals surface area contributed by atoms with Crippen LogP contribution in [0.15, 0.2) is 116 Å². The Morgan fingerprint density at radius 1 is 1.02 bits per heavy atom. The fourth-order valence-corrected chi connectivity index (χ4v) is 5.95. The fourth-order valence-electron chi connectivity index (χ4n) is 5.65. The van der Waals surface area contributed by atoms with E-state index in [0.717, 1.165) is 44.8 Å². The zero-order chi connectivity index (χ0) is 32.4. The van der Waals surface area contributed by atoms with Crippen molar-refractivity contribution in [1.29, 1.82) is 0 Å². The molecule has 0 aliphatic rings. The summed E-state index contributed by atoms with van der Waals surface area (Å²) in [4.78, 5) is 22.7. The van der Waals surface area contributed by atoms with E-state index < -0.39 is 0 Å². The van der Waals surface area contributed by atoms with Crippen LogP contribution >= 0.6 is 23.2 Å². The van der Waals surface area contributed by atoms with E-state index in [1.54, 1.807) is 10.8 Å². The van der Waals surface area contributed by atoms with E-state index in [9.17, 15) is 4.79 Å². The summed E-state index contributed by atoms with van der Waals surface area (Å²) in [5.74, 6) is 0.176. The fraction of sp³-hybridized carbons (Fsp3) is 0.108. The molecule has 6 rings (SSSR count). The highest BCUT2D eigenvalue weighted by Crippen LogP contribution is 2.41. The average molecular weight is 648 g/mol. The quantitative estimate of drug-likeness (QED) is 0.153. The first-order chi connectivity index (χ1) is 22.3. The number of aromatic amines is 1. The molecular weight excluding hydrogens is 615 g/mol. The average Bonchev–Trinajstić information content (AvgIpc) is 3.75. The molecule has 0 fully saturated rings. The normalized spacial score (nSPS) is 12.6. The lowest BCUT2D eigenvalue weighted by atomic mass is 9.99. The molecule has 0 bridgehead atoms. The van der Waals surface area contributed by atoms with Crippen molar-refractivity contribution in [1.82, 2.24) is 24.3 Å². The lowest BCUT2D eigenvalue weighted by molar-refractivity contribution is 0.102. The number of carbonyl (C=O) groups is 1. The Morgan fingerprint density at radius 3 is 2.48 bits per heavy atom. The topological polar surface area (TPSA) is 80.5 Å². The lowest BCUT2D eigenvalue weighted by Crippen LogP contribution is -2.17. The number of aromatic nitrogens is 5. The predicted octanol–water partition coefficient (Wildman–Crippen LogP) is 9.97. The van der Waals surface area contributed by atoms with Gasteiger partial charge in [0.2, 0.25) is 0 Å². The molecule has 0 aliphatic heterocycles. The van der Waals surface area contributed by atoms with Gasteiger partial charge in [0.25, 0.3) is 5.91 Å². The molecule has 46 heavy (non-hydrogen) atoms. The smallest absolute Gasteiger partial charge is 0.273 e. The van der Waals surface area contributed by atoms with Gasteiger partial charge in [-0.2, -0.15) is 5.10 Å². The molecule has 0 radical (unpaired) electrons. The number of halogens is 2. The van der Waals surface area contributed by atoms with Crippen LogP contribution in [-0.4, -0.2) is 30.2 Å². The number of anilines is 1. The molecule has 3 aromatic heterocycles. The van der Waals surface area contributed by atoms with Gasteiger partial charge in [-0.15, -0.1) is 0 Å². The first-order valence-electron chi connectivity index (χ1n) is 14.8. The Balaban J connectivity index is 1.57. The standard InChI is InChI=1S/C37H32Cl2N6O/c1-5-10-29(11-6-2)45-32(20-23(3)43-45)42-37(46)35-33(30-19-18-28(39)21-31(30)41-35)36-34(26-12-8-7-9-13-26)40-22-44(36)24(4)25-14-16-27(38)17-15-25/h5-22,24,41H,1H2,2-4H3,(H,42,46)/b11-6-,29-10+.